The van der Waals surface area contributed by atoms with E-state index in [2.05, 4.69) is 5.16 Å². The molecule has 0 aliphatic rings. The fourth-order valence-electron chi connectivity index (χ4n) is 2.11. The second-order valence-electron chi connectivity index (χ2n) is 4.52. The van der Waals surface area contributed by atoms with Crippen molar-refractivity contribution in [3.05, 3.63) is 47.7 Å². The van der Waals surface area contributed by atoms with Crippen LogP contribution in [0.3, 0.4) is 0 Å². The molecular formula is C15H12F2N2O2. The number of rotatable bonds is 3. The second kappa shape index (κ2) is 5.05. The quantitative estimate of drug-likeness (QED) is 0.791. The van der Waals surface area contributed by atoms with Crippen molar-refractivity contribution in [3.63, 3.8) is 0 Å². The van der Waals surface area contributed by atoms with Gasteiger partial charge in [0, 0.05) is 18.1 Å². The third kappa shape index (κ3) is 2.29. The van der Waals surface area contributed by atoms with Gasteiger partial charge in [-0.05, 0) is 24.3 Å². The minimum Gasteiger partial charge on any atom is -0.458 e. The maximum absolute atomic E-state index is 14.0. The van der Waals surface area contributed by atoms with Crippen molar-refractivity contribution in [2.24, 2.45) is 0 Å². The lowest BCUT2D eigenvalue weighted by Gasteiger charge is -2.03. The van der Waals surface area contributed by atoms with Crippen LogP contribution in [0.2, 0.25) is 0 Å². The van der Waals surface area contributed by atoms with E-state index in [-0.39, 0.29) is 22.7 Å². The Balaban J connectivity index is 2.17. The Hall–Kier alpha value is -2.63. The Labute approximate surface area is 119 Å². The van der Waals surface area contributed by atoms with Crippen molar-refractivity contribution in [1.82, 2.24) is 5.16 Å². The number of nitrogen functional groups attached to an aromatic ring is 1. The van der Waals surface area contributed by atoms with Gasteiger partial charge in [0.1, 0.15) is 17.4 Å². The first kappa shape index (κ1) is 13.4. The topological polar surface area (TPSA) is 65.2 Å². The van der Waals surface area contributed by atoms with E-state index >= 15 is 0 Å². The number of aryl methyl sites for hydroxylation is 1. The number of anilines is 1. The summed E-state index contributed by atoms with van der Waals surface area (Å²) in [5.41, 5.74) is 6.11. The number of aromatic nitrogens is 1. The summed E-state index contributed by atoms with van der Waals surface area (Å²) in [6.07, 6.45) is 0.712. The minimum atomic E-state index is -0.742. The molecule has 0 spiro atoms. The molecule has 2 aromatic heterocycles. The van der Waals surface area contributed by atoms with Gasteiger partial charge in [0.2, 0.25) is 5.76 Å². The predicted molar refractivity (Wildman–Crippen MR) is 73.3 cm³/mol. The molecular weight excluding hydrogens is 278 g/mol. The molecule has 0 saturated heterocycles. The lowest BCUT2D eigenvalue weighted by molar-refractivity contribution is 0.416. The highest BCUT2D eigenvalue weighted by Crippen LogP contribution is 2.38. The first-order valence-corrected chi connectivity index (χ1v) is 6.39. The van der Waals surface area contributed by atoms with Gasteiger partial charge in [0.15, 0.2) is 11.6 Å². The van der Waals surface area contributed by atoms with Crippen LogP contribution in [0.1, 0.15) is 12.7 Å². The molecule has 3 aromatic rings. The van der Waals surface area contributed by atoms with Crippen LogP contribution >= 0.6 is 0 Å². The molecule has 0 amide bonds. The van der Waals surface area contributed by atoms with Crippen molar-refractivity contribution in [2.45, 2.75) is 13.3 Å². The van der Waals surface area contributed by atoms with Crippen molar-refractivity contribution < 1.29 is 17.7 Å². The third-order valence-electron chi connectivity index (χ3n) is 3.15. The SMILES string of the molecule is CCc1ccc(-c2onc(N)c2-c2ccc(F)cc2F)o1. The average Bonchev–Trinajstić information content (AvgIpc) is 3.06. The molecule has 0 saturated carbocycles. The maximum Gasteiger partial charge on any atom is 0.212 e. The number of nitrogens with two attached hydrogens (primary N) is 1. The van der Waals surface area contributed by atoms with Crippen molar-refractivity contribution in [3.8, 4) is 22.6 Å². The number of hydrogen-bond donors (Lipinski definition) is 1. The third-order valence-corrected chi connectivity index (χ3v) is 3.15. The Morgan fingerprint density at radius 2 is 2.00 bits per heavy atom. The Morgan fingerprint density at radius 3 is 2.67 bits per heavy atom. The molecule has 21 heavy (non-hydrogen) atoms. The van der Waals surface area contributed by atoms with Crippen LogP contribution in [0.15, 0.2) is 39.3 Å². The zero-order chi connectivity index (χ0) is 15.0. The molecule has 0 bridgehead atoms. The largest absolute Gasteiger partial charge is 0.458 e. The Kier molecular flexibility index (Phi) is 3.21. The highest BCUT2D eigenvalue weighted by molar-refractivity contribution is 5.85. The molecule has 0 aliphatic carbocycles. The van der Waals surface area contributed by atoms with E-state index < -0.39 is 11.6 Å². The standard InChI is InChI=1S/C15H12F2N2O2/c1-2-9-4-6-12(20-9)14-13(15(18)19-21-14)10-5-3-8(16)7-11(10)17/h3-7H,2H2,1H3,(H2,18,19). The zero-order valence-electron chi connectivity index (χ0n) is 11.2. The van der Waals surface area contributed by atoms with Gasteiger partial charge in [-0.2, -0.15) is 0 Å². The molecule has 108 valence electrons. The summed E-state index contributed by atoms with van der Waals surface area (Å²) < 4.78 is 37.7. The molecule has 0 atom stereocenters. The van der Waals surface area contributed by atoms with Crippen molar-refractivity contribution in [1.29, 1.82) is 0 Å². The van der Waals surface area contributed by atoms with Gasteiger partial charge in [-0.15, -0.1) is 0 Å². The number of furan rings is 1. The Bertz CT molecular complexity index is 793. The molecule has 2 N–H and O–H groups in total. The van der Waals surface area contributed by atoms with Crippen molar-refractivity contribution in [2.75, 3.05) is 5.73 Å². The molecule has 0 aliphatic heterocycles. The average molecular weight is 290 g/mol. The number of nitrogens with zero attached hydrogens (tertiary/aromatic N) is 1. The van der Waals surface area contributed by atoms with E-state index in [0.29, 0.717) is 12.2 Å². The van der Waals surface area contributed by atoms with Crippen LogP contribution in [0.4, 0.5) is 14.6 Å². The van der Waals surface area contributed by atoms with Crippen LogP contribution in [0.5, 0.6) is 0 Å². The molecule has 0 radical (unpaired) electrons. The number of hydrogen-bond acceptors (Lipinski definition) is 4. The van der Waals surface area contributed by atoms with Gasteiger partial charge < -0.3 is 14.7 Å². The number of halogens is 2. The summed E-state index contributed by atoms with van der Waals surface area (Å²) >= 11 is 0. The molecule has 3 rings (SSSR count). The summed E-state index contributed by atoms with van der Waals surface area (Å²) in [5, 5.41) is 3.65. The maximum atomic E-state index is 14.0. The molecule has 6 heteroatoms. The van der Waals surface area contributed by atoms with Gasteiger partial charge in [0.05, 0.1) is 5.56 Å². The van der Waals surface area contributed by atoms with Crippen LogP contribution in [0.25, 0.3) is 22.6 Å². The summed E-state index contributed by atoms with van der Waals surface area (Å²) in [5.74, 6) is -0.0181. The zero-order valence-corrected chi connectivity index (χ0v) is 11.2. The molecule has 0 unspecified atom stereocenters. The summed E-state index contributed by atoms with van der Waals surface area (Å²) in [6.45, 7) is 1.94. The minimum absolute atomic E-state index is 0.0185. The molecule has 2 heterocycles. The van der Waals surface area contributed by atoms with E-state index in [4.69, 9.17) is 14.7 Å². The number of benzene rings is 1. The Morgan fingerprint density at radius 1 is 1.19 bits per heavy atom. The normalized spacial score (nSPS) is 11.0. The molecule has 0 fully saturated rings. The van der Waals surface area contributed by atoms with Gasteiger partial charge in [-0.1, -0.05) is 12.1 Å². The fourth-order valence-corrected chi connectivity index (χ4v) is 2.11. The lowest BCUT2D eigenvalue weighted by atomic mass is 10.0. The lowest BCUT2D eigenvalue weighted by Crippen LogP contribution is -1.92. The second-order valence-corrected chi connectivity index (χ2v) is 4.52. The smallest absolute Gasteiger partial charge is 0.212 e. The van der Waals surface area contributed by atoms with E-state index in [1.807, 2.05) is 6.92 Å². The first-order valence-electron chi connectivity index (χ1n) is 6.39. The monoisotopic (exact) mass is 290 g/mol. The fraction of sp³-hybridized carbons (Fsp3) is 0.133. The van der Waals surface area contributed by atoms with E-state index in [0.717, 1.165) is 17.9 Å². The van der Waals surface area contributed by atoms with E-state index in [1.54, 1.807) is 12.1 Å². The van der Waals surface area contributed by atoms with E-state index in [1.165, 1.54) is 6.07 Å². The van der Waals surface area contributed by atoms with Gasteiger partial charge in [-0.25, -0.2) is 8.78 Å². The van der Waals surface area contributed by atoms with Crippen LogP contribution in [-0.2, 0) is 6.42 Å². The van der Waals surface area contributed by atoms with Crippen molar-refractivity contribution >= 4 is 5.82 Å². The van der Waals surface area contributed by atoms with Crippen LogP contribution in [-0.4, -0.2) is 5.16 Å². The van der Waals surface area contributed by atoms with Crippen LogP contribution < -0.4 is 5.73 Å². The van der Waals surface area contributed by atoms with Crippen LogP contribution in [0, 0.1) is 11.6 Å². The predicted octanol–water partition coefficient (Wildman–Crippen LogP) is 4.02. The molecule has 4 nitrogen and oxygen atoms in total. The summed E-state index contributed by atoms with van der Waals surface area (Å²) in [7, 11) is 0. The summed E-state index contributed by atoms with van der Waals surface area (Å²) in [4.78, 5) is 0. The highest BCUT2D eigenvalue weighted by atomic mass is 19.1. The van der Waals surface area contributed by atoms with Gasteiger partial charge >= 0.3 is 0 Å². The molecule has 1 aromatic carbocycles. The van der Waals surface area contributed by atoms with E-state index in [9.17, 15) is 8.78 Å². The van der Waals surface area contributed by atoms with Gasteiger partial charge in [-0.3, -0.25) is 0 Å². The summed E-state index contributed by atoms with van der Waals surface area (Å²) in [6, 6.07) is 6.71. The van der Waals surface area contributed by atoms with Gasteiger partial charge in [0.25, 0.3) is 0 Å². The highest BCUT2D eigenvalue weighted by Gasteiger charge is 2.23. The first-order chi connectivity index (χ1) is 10.1.